The lowest BCUT2D eigenvalue weighted by molar-refractivity contribution is -0.144. The highest BCUT2D eigenvalue weighted by Crippen LogP contribution is 2.26. The van der Waals surface area contributed by atoms with Crippen molar-refractivity contribution in [2.75, 3.05) is 19.6 Å². The van der Waals surface area contributed by atoms with Crippen LogP contribution >= 0.6 is 15.9 Å². The van der Waals surface area contributed by atoms with Crippen LogP contribution in [0.1, 0.15) is 31.7 Å². The summed E-state index contributed by atoms with van der Waals surface area (Å²) in [4.78, 5) is 13.5. The molecule has 1 heterocycles. The van der Waals surface area contributed by atoms with Gasteiger partial charge in [0.25, 0.3) is 0 Å². The molecule has 3 nitrogen and oxygen atoms in total. The summed E-state index contributed by atoms with van der Waals surface area (Å²) < 4.78 is 1.09. The van der Waals surface area contributed by atoms with Crippen molar-refractivity contribution in [1.82, 2.24) is 4.90 Å². The molecule has 4 heteroatoms. The van der Waals surface area contributed by atoms with E-state index in [1.54, 1.807) is 0 Å². The smallest absolute Gasteiger partial charge is 0.307 e. The van der Waals surface area contributed by atoms with Crippen molar-refractivity contribution in [3.05, 3.63) is 34.3 Å². The van der Waals surface area contributed by atoms with Crippen LogP contribution in [0.25, 0.3) is 0 Å². The molecular formula is C16H22BrNO2. The van der Waals surface area contributed by atoms with Crippen LogP contribution in [0.5, 0.6) is 0 Å². The molecule has 2 rings (SSSR count). The maximum absolute atomic E-state index is 11.2. The summed E-state index contributed by atoms with van der Waals surface area (Å²) in [5.74, 6) is -0.00285. The summed E-state index contributed by atoms with van der Waals surface area (Å²) in [7, 11) is 0. The summed E-state index contributed by atoms with van der Waals surface area (Å²) in [5.41, 5.74) is 1.30. The Labute approximate surface area is 129 Å². The average Bonchev–Trinajstić information content (AvgIpc) is 2.37. The number of benzene rings is 1. The Bertz CT molecular complexity index is 477. The van der Waals surface area contributed by atoms with Crippen LogP contribution in [0.15, 0.2) is 28.7 Å². The van der Waals surface area contributed by atoms with E-state index >= 15 is 0 Å². The van der Waals surface area contributed by atoms with E-state index in [2.05, 4.69) is 52.9 Å². The highest BCUT2D eigenvalue weighted by molar-refractivity contribution is 9.10. The first-order valence-corrected chi connectivity index (χ1v) is 7.95. The maximum atomic E-state index is 11.2. The third kappa shape index (κ3) is 4.06. The average molecular weight is 340 g/mol. The largest absolute Gasteiger partial charge is 0.481 e. The lowest BCUT2D eigenvalue weighted by Crippen LogP contribution is -2.43. The number of rotatable bonds is 4. The SMILES string of the molecule is CC1CC(C(=O)O)CN(CC(C)c2cccc(Br)c2)C1. The molecule has 3 unspecified atom stereocenters. The zero-order valence-corrected chi connectivity index (χ0v) is 13.6. The number of carboxylic acid groups (broad SMARTS) is 1. The first-order valence-electron chi connectivity index (χ1n) is 7.16. The van der Waals surface area contributed by atoms with Crippen LogP contribution in [0.2, 0.25) is 0 Å². The molecule has 0 spiro atoms. The number of hydrogen-bond acceptors (Lipinski definition) is 2. The molecule has 1 aromatic carbocycles. The van der Waals surface area contributed by atoms with Crippen molar-refractivity contribution >= 4 is 21.9 Å². The fraction of sp³-hybridized carbons (Fsp3) is 0.562. The van der Waals surface area contributed by atoms with Gasteiger partial charge in [-0.1, -0.05) is 41.9 Å². The highest BCUT2D eigenvalue weighted by Gasteiger charge is 2.30. The highest BCUT2D eigenvalue weighted by atomic mass is 79.9. The topological polar surface area (TPSA) is 40.5 Å². The minimum absolute atomic E-state index is 0.214. The number of carboxylic acids is 1. The summed E-state index contributed by atoms with van der Waals surface area (Å²) in [6.45, 7) is 6.95. The van der Waals surface area contributed by atoms with E-state index in [0.29, 0.717) is 18.4 Å². The summed E-state index contributed by atoms with van der Waals surface area (Å²) in [6, 6.07) is 8.36. The quantitative estimate of drug-likeness (QED) is 0.911. The second kappa shape index (κ2) is 6.72. The molecule has 0 radical (unpaired) electrons. The number of aliphatic carboxylic acids is 1. The van der Waals surface area contributed by atoms with E-state index in [1.165, 1.54) is 5.56 Å². The van der Waals surface area contributed by atoms with Gasteiger partial charge in [0.1, 0.15) is 0 Å². The molecule has 0 saturated carbocycles. The maximum Gasteiger partial charge on any atom is 0.307 e. The van der Waals surface area contributed by atoms with Gasteiger partial charge in [-0.15, -0.1) is 0 Å². The predicted octanol–water partition coefficient (Wildman–Crippen LogP) is 3.60. The molecule has 1 fully saturated rings. The Morgan fingerprint density at radius 1 is 1.50 bits per heavy atom. The van der Waals surface area contributed by atoms with Gasteiger partial charge in [-0.25, -0.2) is 0 Å². The number of halogens is 1. The Morgan fingerprint density at radius 3 is 2.90 bits per heavy atom. The van der Waals surface area contributed by atoms with E-state index in [4.69, 9.17) is 0 Å². The first-order chi connectivity index (χ1) is 9.45. The van der Waals surface area contributed by atoms with E-state index in [-0.39, 0.29) is 5.92 Å². The van der Waals surface area contributed by atoms with Crippen molar-refractivity contribution in [2.24, 2.45) is 11.8 Å². The summed E-state index contributed by atoms with van der Waals surface area (Å²) >= 11 is 3.50. The molecule has 1 N–H and O–H groups in total. The molecule has 20 heavy (non-hydrogen) atoms. The van der Waals surface area contributed by atoms with Gasteiger partial charge in [0.2, 0.25) is 0 Å². The van der Waals surface area contributed by atoms with Crippen LogP contribution < -0.4 is 0 Å². The molecule has 1 aromatic rings. The molecule has 0 aliphatic carbocycles. The number of carbonyl (C=O) groups is 1. The molecule has 3 atom stereocenters. The van der Waals surface area contributed by atoms with Gasteiger partial charge >= 0.3 is 5.97 Å². The normalized spacial score (nSPS) is 25.4. The molecule has 110 valence electrons. The standard InChI is InChI=1S/C16H22BrNO2/c1-11-6-14(16(19)20)10-18(8-11)9-12(2)13-4-3-5-15(17)7-13/h3-5,7,11-12,14H,6,8-10H2,1-2H3,(H,19,20). The fourth-order valence-electron chi connectivity index (χ4n) is 3.10. The molecular weight excluding hydrogens is 318 g/mol. The van der Waals surface area contributed by atoms with Crippen LogP contribution in [-0.2, 0) is 4.79 Å². The Balaban J connectivity index is 1.99. The van der Waals surface area contributed by atoms with Gasteiger partial charge in [0.05, 0.1) is 5.92 Å². The minimum atomic E-state index is -0.656. The summed E-state index contributed by atoms with van der Waals surface area (Å²) in [6.07, 6.45) is 0.803. The third-order valence-corrected chi connectivity index (χ3v) is 4.53. The fourth-order valence-corrected chi connectivity index (χ4v) is 3.51. The van der Waals surface area contributed by atoms with Crippen LogP contribution in [0, 0.1) is 11.8 Å². The van der Waals surface area contributed by atoms with E-state index in [9.17, 15) is 9.90 Å². The first kappa shape index (κ1) is 15.5. The number of likely N-dealkylation sites (tertiary alicyclic amines) is 1. The number of piperidine rings is 1. The lowest BCUT2D eigenvalue weighted by Gasteiger charge is -2.36. The number of nitrogens with zero attached hydrogens (tertiary/aromatic N) is 1. The van der Waals surface area contributed by atoms with Gasteiger partial charge in [0, 0.05) is 24.1 Å². The van der Waals surface area contributed by atoms with Crippen molar-refractivity contribution in [1.29, 1.82) is 0 Å². The Morgan fingerprint density at radius 2 is 2.25 bits per heavy atom. The second-order valence-corrected chi connectivity index (χ2v) is 6.97. The predicted molar refractivity (Wildman–Crippen MR) is 83.9 cm³/mol. The molecule has 0 aromatic heterocycles. The Kier molecular flexibility index (Phi) is 5.22. The summed E-state index contributed by atoms with van der Waals surface area (Å²) in [5, 5.41) is 9.23. The lowest BCUT2D eigenvalue weighted by atomic mass is 9.89. The van der Waals surface area contributed by atoms with E-state index < -0.39 is 5.97 Å². The zero-order chi connectivity index (χ0) is 14.7. The van der Waals surface area contributed by atoms with Crippen LogP contribution in [-0.4, -0.2) is 35.6 Å². The zero-order valence-electron chi connectivity index (χ0n) is 12.1. The van der Waals surface area contributed by atoms with Crippen molar-refractivity contribution in [2.45, 2.75) is 26.2 Å². The third-order valence-electron chi connectivity index (χ3n) is 4.03. The second-order valence-electron chi connectivity index (χ2n) is 6.05. The van der Waals surface area contributed by atoms with Gasteiger partial charge in [0.15, 0.2) is 0 Å². The van der Waals surface area contributed by atoms with Gasteiger partial charge in [-0.05, 0) is 36.0 Å². The van der Waals surface area contributed by atoms with Crippen molar-refractivity contribution in [3.63, 3.8) is 0 Å². The van der Waals surface area contributed by atoms with Crippen LogP contribution in [0.4, 0.5) is 0 Å². The molecule has 1 aliphatic heterocycles. The van der Waals surface area contributed by atoms with Gasteiger partial charge in [-0.3, -0.25) is 4.79 Å². The molecule has 0 bridgehead atoms. The van der Waals surface area contributed by atoms with Crippen molar-refractivity contribution < 1.29 is 9.90 Å². The van der Waals surface area contributed by atoms with Crippen molar-refractivity contribution in [3.8, 4) is 0 Å². The van der Waals surface area contributed by atoms with Gasteiger partial charge in [-0.2, -0.15) is 0 Å². The van der Waals surface area contributed by atoms with E-state index in [0.717, 1.165) is 24.0 Å². The van der Waals surface area contributed by atoms with Gasteiger partial charge < -0.3 is 10.0 Å². The Hall–Kier alpha value is -0.870. The molecule has 1 aliphatic rings. The number of hydrogen-bond donors (Lipinski definition) is 1. The monoisotopic (exact) mass is 339 g/mol. The van der Waals surface area contributed by atoms with Crippen LogP contribution in [0.3, 0.4) is 0 Å². The minimum Gasteiger partial charge on any atom is -0.481 e. The molecule has 0 amide bonds. The van der Waals surface area contributed by atoms with E-state index in [1.807, 2.05) is 6.07 Å². The molecule has 1 saturated heterocycles.